The maximum absolute atomic E-state index is 11.4. The standard InChI is InChI=1S/C13H16N2O3S/c1-9-14-12-8-11(2-3-13(12)18-9)15-10-4-6-19(16,17)7-5-10/h2-3,8,10,15H,4-7H2,1H3. The third kappa shape index (κ3) is 2.73. The molecule has 0 atom stereocenters. The van der Waals surface area contributed by atoms with Gasteiger partial charge in [0.2, 0.25) is 0 Å². The number of aromatic nitrogens is 1. The summed E-state index contributed by atoms with van der Waals surface area (Å²) in [7, 11) is -2.81. The van der Waals surface area contributed by atoms with Crippen molar-refractivity contribution in [3.8, 4) is 0 Å². The Bertz CT molecular complexity index is 692. The number of rotatable bonds is 2. The highest BCUT2D eigenvalue weighted by atomic mass is 32.2. The van der Waals surface area contributed by atoms with Crippen molar-refractivity contribution in [1.82, 2.24) is 4.98 Å². The van der Waals surface area contributed by atoms with E-state index >= 15 is 0 Å². The fraction of sp³-hybridized carbons (Fsp3) is 0.462. The number of hydrogen-bond acceptors (Lipinski definition) is 5. The second-order valence-corrected chi connectivity index (χ2v) is 7.29. The highest BCUT2D eigenvalue weighted by Crippen LogP contribution is 2.22. The van der Waals surface area contributed by atoms with Crippen LogP contribution in [0.2, 0.25) is 0 Å². The van der Waals surface area contributed by atoms with Gasteiger partial charge in [0.25, 0.3) is 0 Å². The number of benzene rings is 1. The fourth-order valence-corrected chi connectivity index (χ4v) is 3.89. The molecule has 1 saturated heterocycles. The first kappa shape index (κ1) is 12.5. The van der Waals surface area contributed by atoms with Gasteiger partial charge in [0, 0.05) is 18.7 Å². The van der Waals surface area contributed by atoms with Gasteiger partial charge in [0.1, 0.15) is 15.4 Å². The largest absolute Gasteiger partial charge is 0.441 e. The molecule has 102 valence electrons. The van der Waals surface area contributed by atoms with Crippen molar-refractivity contribution < 1.29 is 12.8 Å². The van der Waals surface area contributed by atoms with Gasteiger partial charge in [0.05, 0.1) is 11.5 Å². The van der Waals surface area contributed by atoms with Crippen LogP contribution in [-0.2, 0) is 9.84 Å². The SMILES string of the molecule is Cc1nc2cc(NC3CCS(=O)(=O)CC3)ccc2o1. The molecule has 2 heterocycles. The Morgan fingerprint density at radius 1 is 1.32 bits per heavy atom. The Morgan fingerprint density at radius 3 is 2.79 bits per heavy atom. The molecule has 1 aliphatic heterocycles. The van der Waals surface area contributed by atoms with Crippen molar-refractivity contribution in [1.29, 1.82) is 0 Å². The number of sulfone groups is 1. The Morgan fingerprint density at radius 2 is 2.05 bits per heavy atom. The molecule has 0 aliphatic carbocycles. The molecule has 0 spiro atoms. The summed E-state index contributed by atoms with van der Waals surface area (Å²) in [6, 6.07) is 5.98. The minimum Gasteiger partial charge on any atom is -0.441 e. The quantitative estimate of drug-likeness (QED) is 0.912. The average molecular weight is 280 g/mol. The molecule has 0 amide bonds. The van der Waals surface area contributed by atoms with E-state index in [1.807, 2.05) is 25.1 Å². The lowest BCUT2D eigenvalue weighted by Gasteiger charge is -2.23. The Kier molecular flexibility index (Phi) is 2.97. The summed E-state index contributed by atoms with van der Waals surface area (Å²) in [6.07, 6.45) is 1.33. The van der Waals surface area contributed by atoms with E-state index < -0.39 is 9.84 Å². The van der Waals surface area contributed by atoms with Gasteiger partial charge >= 0.3 is 0 Å². The summed E-state index contributed by atoms with van der Waals surface area (Å²) < 4.78 is 28.2. The Balaban J connectivity index is 1.75. The van der Waals surface area contributed by atoms with Crippen LogP contribution in [0.1, 0.15) is 18.7 Å². The summed E-state index contributed by atoms with van der Waals surface area (Å²) in [5.74, 6) is 1.20. The van der Waals surface area contributed by atoms with E-state index in [1.54, 1.807) is 0 Å². The highest BCUT2D eigenvalue weighted by molar-refractivity contribution is 7.91. The lowest BCUT2D eigenvalue weighted by Crippen LogP contribution is -2.32. The normalized spacial score (nSPS) is 19.6. The fourth-order valence-electron chi connectivity index (χ4n) is 2.40. The van der Waals surface area contributed by atoms with Gasteiger partial charge in [-0.1, -0.05) is 0 Å². The van der Waals surface area contributed by atoms with Gasteiger partial charge in [-0.25, -0.2) is 13.4 Å². The molecule has 0 radical (unpaired) electrons. The first-order valence-corrected chi connectivity index (χ1v) is 8.18. The van der Waals surface area contributed by atoms with E-state index in [-0.39, 0.29) is 17.5 Å². The summed E-state index contributed by atoms with van der Waals surface area (Å²) in [5, 5.41) is 3.37. The second kappa shape index (κ2) is 4.52. The summed E-state index contributed by atoms with van der Waals surface area (Å²) in [5.41, 5.74) is 2.56. The number of nitrogens with one attached hydrogen (secondary N) is 1. The molecule has 1 N–H and O–H groups in total. The first-order valence-electron chi connectivity index (χ1n) is 6.36. The second-order valence-electron chi connectivity index (χ2n) is 4.99. The maximum atomic E-state index is 11.4. The minimum atomic E-state index is -2.81. The van der Waals surface area contributed by atoms with E-state index in [4.69, 9.17) is 4.42 Å². The van der Waals surface area contributed by atoms with E-state index in [0.29, 0.717) is 18.7 Å². The molecule has 1 fully saturated rings. The van der Waals surface area contributed by atoms with Crippen molar-refractivity contribution in [2.45, 2.75) is 25.8 Å². The summed E-state index contributed by atoms with van der Waals surface area (Å²) >= 11 is 0. The average Bonchev–Trinajstić information content (AvgIpc) is 2.71. The molecular formula is C13H16N2O3S. The van der Waals surface area contributed by atoms with Crippen LogP contribution < -0.4 is 5.32 Å². The zero-order valence-corrected chi connectivity index (χ0v) is 11.5. The third-order valence-corrected chi connectivity index (χ3v) is 5.14. The molecule has 1 aliphatic rings. The molecule has 2 aromatic rings. The van der Waals surface area contributed by atoms with E-state index in [2.05, 4.69) is 10.3 Å². The molecule has 0 unspecified atom stereocenters. The lowest BCUT2D eigenvalue weighted by molar-refractivity contribution is 0.559. The van der Waals surface area contributed by atoms with Crippen molar-refractivity contribution >= 4 is 26.6 Å². The van der Waals surface area contributed by atoms with Crippen LogP contribution in [0.4, 0.5) is 5.69 Å². The number of aryl methyl sites for hydroxylation is 1. The molecule has 1 aromatic carbocycles. The van der Waals surface area contributed by atoms with Gasteiger partial charge in [-0.15, -0.1) is 0 Å². The van der Waals surface area contributed by atoms with Crippen LogP contribution in [0.5, 0.6) is 0 Å². The first-order chi connectivity index (χ1) is 9.02. The maximum Gasteiger partial charge on any atom is 0.192 e. The number of hydrogen-bond donors (Lipinski definition) is 1. The van der Waals surface area contributed by atoms with Crippen LogP contribution in [0, 0.1) is 6.92 Å². The minimum absolute atomic E-state index is 0.217. The van der Waals surface area contributed by atoms with Crippen molar-refractivity contribution in [2.75, 3.05) is 16.8 Å². The molecule has 0 bridgehead atoms. The third-order valence-electron chi connectivity index (χ3n) is 3.42. The van der Waals surface area contributed by atoms with E-state index in [1.165, 1.54) is 0 Å². The van der Waals surface area contributed by atoms with Crippen LogP contribution in [-0.4, -0.2) is 30.9 Å². The molecule has 3 rings (SSSR count). The highest BCUT2D eigenvalue weighted by Gasteiger charge is 2.23. The molecule has 6 heteroatoms. The molecule has 19 heavy (non-hydrogen) atoms. The molecule has 5 nitrogen and oxygen atoms in total. The Labute approximate surface area is 111 Å². The van der Waals surface area contributed by atoms with Gasteiger partial charge in [0.15, 0.2) is 11.5 Å². The van der Waals surface area contributed by atoms with Crippen LogP contribution in [0.3, 0.4) is 0 Å². The van der Waals surface area contributed by atoms with Gasteiger partial charge in [-0.3, -0.25) is 0 Å². The number of nitrogens with zero attached hydrogens (tertiary/aromatic N) is 1. The monoisotopic (exact) mass is 280 g/mol. The summed E-state index contributed by atoms with van der Waals surface area (Å²) in [4.78, 5) is 4.29. The zero-order valence-electron chi connectivity index (χ0n) is 10.7. The number of oxazole rings is 1. The van der Waals surface area contributed by atoms with E-state index in [0.717, 1.165) is 16.8 Å². The Hall–Kier alpha value is -1.56. The van der Waals surface area contributed by atoms with Gasteiger partial charge < -0.3 is 9.73 Å². The predicted octanol–water partition coefficient (Wildman–Crippen LogP) is 2.13. The van der Waals surface area contributed by atoms with Crippen molar-refractivity contribution in [2.24, 2.45) is 0 Å². The van der Waals surface area contributed by atoms with E-state index in [9.17, 15) is 8.42 Å². The molecular weight excluding hydrogens is 264 g/mol. The van der Waals surface area contributed by atoms with Crippen LogP contribution >= 0.6 is 0 Å². The molecule has 0 saturated carbocycles. The van der Waals surface area contributed by atoms with Crippen molar-refractivity contribution in [3.63, 3.8) is 0 Å². The van der Waals surface area contributed by atoms with Gasteiger partial charge in [-0.05, 0) is 31.0 Å². The smallest absolute Gasteiger partial charge is 0.192 e. The summed E-state index contributed by atoms with van der Waals surface area (Å²) in [6.45, 7) is 1.82. The zero-order chi connectivity index (χ0) is 13.5. The number of anilines is 1. The predicted molar refractivity (Wildman–Crippen MR) is 74.0 cm³/mol. The van der Waals surface area contributed by atoms with Crippen LogP contribution in [0.25, 0.3) is 11.1 Å². The lowest BCUT2D eigenvalue weighted by atomic mass is 10.1. The van der Waals surface area contributed by atoms with Crippen LogP contribution in [0.15, 0.2) is 22.6 Å². The van der Waals surface area contributed by atoms with Gasteiger partial charge in [-0.2, -0.15) is 0 Å². The number of fused-ring (bicyclic) bond motifs is 1. The van der Waals surface area contributed by atoms with Crippen molar-refractivity contribution in [3.05, 3.63) is 24.1 Å². The molecule has 1 aromatic heterocycles. The topological polar surface area (TPSA) is 72.2 Å².